The van der Waals surface area contributed by atoms with Crippen LogP contribution in [0.3, 0.4) is 0 Å². The fourth-order valence-electron chi connectivity index (χ4n) is 2.22. The summed E-state index contributed by atoms with van der Waals surface area (Å²) in [5, 5.41) is 9.20. The van der Waals surface area contributed by atoms with Crippen LogP contribution in [0, 0.1) is 11.3 Å². The highest BCUT2D eigenvalue weighted by molar-refractivity contribution is 7.91. The third kappa shape index (κ3) is 2.58. The maximum atomic E-state index is 12.2. The maximum absolute atomic E-state index is 12.2. The SMILES string of the molecule is CCc1ccc(S(=O)(=O)NC2(C#N)CCCC2)s1. The minimum Gasteiger partial charge on any atom is -0.206 e. The van der Waals surface area contributed by atoms with E-state index in [-0.39, 0.29) is 0 Å². The van der Waals surface area contributed by atoms with Crippen LogP contribution in [0.5, 0.6) is 0 Å². The van der Waals surface area contributed by atoms with Crippen LogP contribution in [0.1, 0.15) is 37.5 Å². The van der Waals surface area contributed by atoms with Gasteiger partial charge >= 0.3 is 0 Å². The molecule has 1 saturated carbocycles. The van der Waals surface area contributed by atoms with Crippen LogP contribution in [0.2, 0.25) is 0 Å². The molecule has 6 heteroatoms. The van der Waals surface area contributed by atoms with Crippen molar-refractivity contribution in [3.05, 3.63) is 17.0 Å². The predicted molar refractivity (Wildman–Crippen MR) is 70.8 cm³/mol. The fraction of sp³-hybridized carbons (Fsp3) is 0.583. The standard InChI is InChI=1S/C12H16N2O2S2/c1-2-10-5-6-11(17-10)18(15,16)14-12(9-13)7-3-4-8-12/h5-6,14H,2-4,7-8H2,1H3. The second kappa shape index (κ2) is 5.00. The maximum Gasteiger partial charge on any atom is 0.251 e. The Hall–Kier alpha value is -0.900. The third-order valence-electron chi connectivity index (χ3n) is 3.25. The van der Waals surface area contributed by atoms with Gasteiger partial charge in [-0.1, -0.05) is 19.8 Å². The molecule has 1 fully saturated rings. The molecule has 1 aromatic heterocycles. The number of nitrogens with one attached hydrogen (secondary N) is 1. The van der Waals surface area contributed by atoms with Crippen molar-refractivity contribution in [3.63, 3.8) is 0 Å². The molecule has 0 radical (unpaired) electrons. The van der Waals surface area contributed by atoms with Crippen LogP contribution in [0.4, 0.5) is 0 Å². The monoisotopic (exact) mass is 284 g/mol. The predicted octanol–water partition coefficient (Wildman–Crippen LogP) is 2.43. The van der Waals surface area contributed by atoms with Gasteiger partial charge in [0.1, 0.15) is 9.75 Å². The fourth-order valence-corrected chi connectivity index (χ4v) is 4.89. The Morgan fingerprint density at radius 2 is 2.11 bits per heavy atom. The van der Waals surface area contributed by atoms with Gasteiger partial charge in [-0.2, -0.15) is 9.98 Å². The number of nitrogens with zero attached hydrogens (tertiary/aromatic N) is 1. The summed E-state index contributed by atoms with van der Waals surface area (Å²) >= 11 is 1.27. The lowest BCUT2D eigenvalue weighted by molar-refractivity contribution is 0.486. The molecular formula is C12H16N2O2S2. The van der Waals surface area contributed by atoms with Crippen molar-refractivity contribution in [1.82, 2.24) is 4.72 Å². The number of hydrogen-bond donors (Lipinski definition) is 1. The van der Waals surface area contributed by atoms with E-state index in [0.29, 0.717) is 17.1 Å². The summed E-state index contributed by atoms with van der Waals surface area (Å²) in [6.45, 7) is 1.99. The molecule has 0 spiro atoms. The van der Waals surface area contributed by atoms with Crippen molar-refractivity contribution in [2.24, 2.45) is 0 Å². The summed E-state index contributed by atoms with van der Waals surface area (Å²) in [7, 11) is -3.56. The van der Waals surface area contributed by atoms with E-state index in [4.69, 9.17) is 0 Å². The molecule has 1 aromatic rings. The van der Waals surface area contributed by atoms with Gasteiger partial charge in [0, 0.05) is 4.88 Å². The second-order valence-electron chi connectivity index (χ2n) is 4.58. The lowest BCUT2D eigenvalue weighted by Gasteiger charge is -2.21. The first-order valence-corrected chi connectivity index (χ1v) is 8.35. The van der Waals surface area contributed by atoms with Gasteiger partial charge in [0.2, 0.25) is 0 Å². The molecule has 98 valence electrons. The van der Waals surface area contributed by atoms with Crippen LogP contribution < -0.4 is 4.72 Å². The van der Waals surface area contributed by atoms with Gasteiger partial charge < -0.3 is 0 Å². The van der Waals surface area contributed by atoms with Gasteiger partial charge in [0.05, 0.1) is 6.07 Å². The van der Waals surface area contributed by atoms with Crippen LogP contribution in [0.25, 0.3) is 0 Å². The van der Waals surface area contributed by atoms with Crippen molar-refractivity contribution in [1.29, 1.82) is 5.26 Å². The third-order valence-corrected chi connectivity index (χ3v) is 6.51. The molecule has 0 amide bonds. The van der Waals surface area contributed by atoms with E-state index in [1.54, 1.807) is 6.07 Å². The zero-order chi connectivity index (χ0) is 13.2. The number of sulfonamides is 1. The van der Waals surface area contributed by atoms with E-state index in [2.05, 4.69) is 10.8 Å². The van der Waals surface area contributed by atoms with E-state index in [1.165, 1.54) is 11.3 Å². The van der Waals surface area contributed by atoms with Gasteiger partial charge in [-0.3, -0.25) is 0 Å². The summed E-state index contributed by atoms with van der Waals surface area (Å²) in [6.07, 6.45) is 3.84. The van der Waals surface area contributed by atoms with Crippen molar-refractivity contribution in [2.75, 3.05) is 0 Å². The Balaban J connectivity index is 2.24. The molecule has 1 aliphatic rings. The summed E-state index contributed by atoms with van der Waals surface area (Å²) < 4.78 is 27.4. The first-order valence-electron chi connectivity index (χ1n) is 6.05. The quantitative estimate of drug-likeness (QED) is 0.923. The van der Waals surface area contributed by atoms with E-state index in [9.17, 15) is 13.7 Å². The molecule has 1 N–H and O–H groups in total. The van der Waals surface area contributed by atoms with Gasteiger partial charge in [-0.15, -0.1) is 11.3 Å². The normalized spacial score (nSPS) is 18.7. The van der Waals surface area contributed by atoms with E-state index in [1.807, 2.05) is 13.0 Å². The molecular weight excluding hydrogens is 268 g/mol. The van der Waals surface area contributed by atoms with E-state index >= 15 is 0 Å². The summed E-state index contributed by atoms with van der Waals surface area (Å²) in [5.41, 5.74) is -0.894. The van der Waals surface area contributed by atoms with Crippen LogP contribution >= 0.6 is 11.3 Å². The van der Waals surface area contributed by atoms with Crippen molar-refractivity contribution in [3.8, 4) is 6.07 Å². The van der Waals surface area contributed by atoms with Gasteiger partial charge in [-0.25, -0.2) is 8.42 Å². The first-order chi connectivity index (χ1) is 8.51. The average Bonchev–Trinajstić information content (AvgIpc) is 2.97. The van der Waals surface area contributed by atoms with Crippen molar-refractivity contribution >= 4 is 21.4 Å². The second-order valence-corrected chi connectivity index (χ2v) is 7.66. The van der Waals surface area contributed by atoms with Gasteiger partial charge in [0.15, 0.2) is 0 Å². The molecule has 18 heavy (non-hydrogen) atoms. The zero-order valence-corrected chi connectivity index (χ0v) is 11.9. The average molecular weight is 284 g/mol. The Kier molecular flexibility index (Phi) is 3.76. The van der Waals surface area contributed by atoms with Crippen molar-refractivity contribution < 1.29 is 8.42 Å². The molecule has 0 aliphatic heterocycles. The lowest BCUT2D eigenvalue weighted by Crippen LogP contribution is -2.44. The molecule has 1 aliphatic carbocycles. The van der Waals surface area contributed by atoms with E-state index in [0.717, 1.165) is 24.1 Å². The van der Waals surface area contributed by atoms with Crippen LogP contribution in [-0.2, 0) is 16.4 Å². The smallest absolute Gasteiger partial charge is 0.206 e. The van der Waals surface area contributed by atoms with Crippen LogP contribution in [-0.4, -0.2) is 14.0 Å². The van der Waals surface area contributed by atoms with E-state index < -0.39 is 15.6 Å². The zero-order valence-electron chi connectivity index (χ0n) is 10.3. The number of thiophene rings is 1. The summed E-state index contributed by atoms with van der Waals surface area (Å²) in [4.78, 5) is 1.04. The Morgan fingerprint density at radius 1 is 1.44 bits per heavy atom. The number of aryl methyl sites for hydroxylation is 1. The Labute approximate surface area is 112 Å². The molecule has 4 nitrogen and oxygen atoms in total. The number of hydrogen-bond acceptors (Lipinski definition) is 4. The van der Waals surface area contributed by atoms with Crippen molar-refractivity contribution in [2.45, 2.75) is 48.8 Å². The highest BCUT2D eigenvalue weighted by Crippen LogP contribution is 2.31. The number of rotatable bonds is 4. The number of nitriles is 1. The molecule has 0 aromatic carbocycles. The topological polar surface area (TPSA) is 70.0 Å². The molecule has 1 heterocycles. The Bertz CT molecular complexity index is 563. The lowest BCUT2D eigenvalue weighted by atomic mass is 10.0. The highest BCUT2D eigenvalue weighted by atomic mass is 32.2. The minimum atomic E-state index is -3.56. The molecule has 0 unspecified atom stereocenters. The van der Waals surface area contributed by atoms with Gasteiger partial charge in [0.25, 0.3) is 10.0 Å². The Morgan fingerprint density at radius 3 is 2.61 bits per heavy atom. The molecule has 0 bridgehead atoms. The molecule has 0 saturated heterocycles. The molecule has 0 atom stereocenters. The first kappa shape index (κ1) is 13.5. The summed E-state index contributed by atoms with van der Waals surface area (Å²) in [5.74, 6) is 0. The minimum absolute atomic E-state index is 0.306. The highest BCUT2D eigenvalue weighted by Gasteiger charge is 2.38. The molecule has 2 rings (SSSR count). The summed E-state index contributed by atoms with van der Waals surface area (Å²) in [6, 6.07) is 5.58. The largest absolute Gasteiger partial charge is 0.251 e. The van der Waals surface area contributed by atoms with Crippen LogP contribution in [0.15, 0.2) is 16.3 Å². The van der Waals surface area contributed by atoms with Gasteiger partial charge in [-0.05, 0) is 31.4 Å².